The van der Waals surface area contributed by atoms with E-state index < -0.39 is 5.54 Å². The maximum Gasteiger partial charge on any atom is 0.116 e. The molecule has 0 radical (unpaired) electrons. The van der Waals surface area contributed by atoms with E-state index in [4.69, 9.17) is 10.00 Å². The van der Waals surface area contributed by atoms with E-state index in [2.05, 4.69) is 30.1 Å². The lowest BCUT2D eigenvalue weighted by Gasteiger charge is -2.34. The van der Waals surface area contributed by atoms with Crippen molar-refractivity contribution in [2.24, 2.45) is 0 Å². The Morgan fingerprint density at radius 1 is 1.56 bits per heavy atom. The first-order valence-electron chi connectivity index (χ1n) is 5.86. The number of methoxy groups -OCH3 is 1. The van der Waals surface area contributed by atoms with Crippen molar-refractivity contribution in [2.45, 2.75) is 38.8 Å². The maximum absolute atomic E-state index is 9.14. The summed E-state index contributed by atoms with van der Waals surface area (Å²) in [5.74, 6) is 0. The van der Waals surface area contributed by atoms with Crippen LogP contribution in [-0.4, -0.2) is 50.3 Å². The number of nitrogens with one attached hydrogen (secondary N) is 1. The molecule has 4 nitrogen and oxygen atoms in total. The van der Waals surface area contributed by atoms with Crippen LogP contribution < -0.4 is 5.32 Å². The van der Waals surface area contributed by atoms with Crippen molar-refractivity contribution in [3.63, 3.8) is 0 Å². The van der Waals surface area contributed by atoms with Gasteiger partial charge >= 0.3 is 0 Å². The second-order valence-electron chi connectivity index (χ2n) is 4.41. The van der Waals surface area contributed by atoms with Gasteiger partial charge in [0, 0.05) is 26.2 Å². The van der Waals surface area contributed by atoms with Crippen LogP contribution in [0.3, 0.4) is 0 Å². The lowest BCUT2D eigenvalue weighted by Crippen LogP contribution is -2.51. The Bertz CT molecular complexity index is 227. The Morgan fingerprint density at radius 2 is 2.19 bits per heavy atom. The van der Waals surface area contributed by atoms with Gasteiger partial charge in [-0.2, -0.15) is 5.26 Å². The van der Waals surface area contributed by atoms with Crippen LogP contribution in [0.25, 0.3) is 0 Å². The van der Waals surface area contributed by atoms with Gasteiger partial charge in [-0.1, -0.05) is 6.92 Å². The van der Waals surface area contributed by atoms with Gasteiger partial charge in [0.05, 0.1) is 12.7 Å². The molecule has 0 saturated heterocycles. The molecule has 0 saturated carbocycles. The van der Waals surface area contributed by atoms with Gasteiger partial charge in [-0.3, -0.25) is 4.90 Å². The van der Waals surface area contributed by atoms with Gasteiger partial charge in [0.25, 0.3) is 0 Å². The van der Waals surface area contributed by atoms with Gasteiger partial charge in [0.2, 0.25) is 0 Å². The maximum atomic E-state index is 9.14. The number of likely N-dealkylation sites (N-methyl/N-ethyl adjacent to an activating group) is 1. The summed E-state index contributed by atoms with van der Waals surface area (Å²) in [5, 5.41) is 12.2. The molecule has 0 heterocycles. The number of nitrogens with zero attached hydrogens (tertiary/aromatic N) is 2. The van der Waals surface area contributed by atoms with Crippen LogP contribution in [0.2, 0.25) is 0 Å². The van der Waals surface area contributed by atoms with Gasteiger partial charge in [-0.05, 0) is 27.3 Å². The topological polar surface area (TPSA) is 48.3 Å². The lowest BCUT2D eigenvalue weighted by atomic mass is 10.0. The Hall–Kier alpha value is -0.630. The van der Waals surface area contributed by atoms with Crippen molar-refractivity contribution in [1.82, 2.24) is 10.2 Å². The Kier molecular flexibility index (Phi) is 7.31. The van der Waals surface area contributed by atoms with Crippen molar-refractivity contribution in [1.29, 1.82) is 5.26 Å². The highest BCUT2D eigenvalue weighted by Gasteiger charge is 2.26. The third-order valence-electron chi connectivity index (χ3n) is 3.11. The Morgan fingerprint density at radius 3 is 2.56 bits per heavy atom. The number of rotatable bonds is 8. The van der Waals surface area contributed by atoms with Gasteiger partial charge in [0.15, 0.2) is 0 Å². The van der Waals surface area contributed by atoms with E-state index in [0.29, 0.717) is 12.6 Å². The first-order chi connectivity index (χ1) is 7.52. The Balaban J connectivity index is 4.47. The van der Waals surface area contributed by atoms with Gasteiger partial charge in [-0.15, -0.1) is 0 Å². The van der Waals surface area contributed by atoms with Crippen LogP contribution in [0.15, 0.2) is 0 Å². The predicted octanol–water partition coefficient (Wildman–Crippen LogP) is 1.23. The van der Waals surface area contributed by atoms with Crippen LogP contribution >= 0.6 is 0 Å². The van der Waals surface area contributed by atoms with Gasteiger partial charge in [-0.25, -0.2) is 0 Å². The molecule has 0 rings (SSSR count). The van der Waals surface area contributed by atoms with Crippen molar-refractivity contribution in [3.05, 3.63) is 0 Å². The molecule has 0 aromatic rings. The van der Waals surface area contributed by atoms with E-state index in [9.17, 15) is 0 Å². The quantitative estimate of drug-likeness (QED) is 0.677. The number of hydrogen-bond acceptors (Lipinski definition) is 4. The van der Waals surface area contributed by atoms with Crippen molar-refractivity contribution in [3.8, 4) is 6.07 Å². The molecule has 0 aliphatic rings. The third-order valence-corrected chi connectivity index (χ3v) is 3.11. The van der Waals surface area contributed by atoms with Crippen LogP contribution in [0.4, 0.5) is 0 Å². The standard InChI is InChI=1S/C12H25N3O/c1-6-11(2)15(7-8-16-5)10-12(3,9-13)14-4/h11,14H,6-8,10H2,1-5H3. The Labute approximate surface area is 99.6 Å². The molecule has 0 aromatic carbocycles. The summed E-state index contributed by atoms with van der Waals surface area (Å²) in [6.45, 7) is 8.56. The highest BCUT2D eigenvalue weighted by Crippen LogP contribution is 2.10. The highest BCUT2D eigenvalue weighted by molar-refractivity contribution is 5.05. The molecular formula is C12H25N3O. The molecule has 0 aromatic heterocycles. The smallest absolute Gasteiger partial charge is 0.116 e. The van der Waals surface area contributed by atoms with E-state index in [1.807, 2.05) is 14.0 Å². The summed E-state index contributed by atoms with van der Waals surface area (Å²) in [6, 6.07) is 2.79. The number of nitriles is 1. The van der Waals surface area contributed by atoms with Gasteiger partial charge in [0.1, 0.15) is 5.54 Å². The minimum absolute atomic E-state index is 0.469. The lowest BCUT2D eigenvalue weighted by molar-refractivity contribution is 0.108. The van der Waals surface area contributed by atoms with Crippen LogP contribution in [-0.2, 0) is 4.74 Å². The summed E-state index contributed by atoms with van der Waals surface area (Å²) in [4.78, 5) is 2.29. The fraction of sp³-hybridized carbons (Fsp3) is 0.917. The molecule has 0 aliphatic heterocycles. The van der Waals surface area contributed by atoms with Crippen molar-refractivity contribution < 1.29 is 4.74 Å². The minimum atomic E-state index is -0.489. The third kappa shape index (κ3) is 4.93. The highest BCUT2D eigenvalue weighted by atomic mass is 16.5. The molecule has 2 atom stereocenters. The van der Waals surface area contributed by atoms with Crippen molar-refractivity contribution >= 4 is 0 Å². The van der Waals surface area contributed by atoms with E-state index in [0.717, 1.165) is 19.5 Å². The zero-order valence-electron chi connectivity index (χ0n) is 11.2. The molecule has 2 unspecified atom stereocenters. The number of ether oxygens (including phenoxy) is 1. The summed E-state index contributed by atoms with van der Waals surface area (Å²) >= 11 is 0. The van der Waals surface area contributed by atoms with Crippen LogP contribution in [0, 0.1) is 11.3 Å². The van der Waals surface area contributed by atoms with Gasteiger partial charge < -0.3 is 10.1 Å². The second kappa shape index (κ2) is 7.61. The molecular weight excluding hydrogens is 202 g/mol. The average molecular weight is 227 g/mol. The first-order valence-corrected chi connectivity index (χ1v) is 5.86. The molecule has 0 amide bonds. The fourth-order valence-electron chi connectivity index (χ4n) is 1.50. The van der Waals surface area contributed by atoms with E-state index in [1.54, 1.807) is 7.11 Å². The largest absolute Gasteiger partial charge is 0.383 e. The normalized spacial score (nSPS) is 16.8. The number of hydrogen-bond donors (Lipinski definition) is 1. The van der Waals surface area contributed by atoms with Crippen LogP contribution in [0.1, 0.15) is 27.2 Å². The van der Waals surface area contributed by atoms with Crippen LogP contribution in [0.5, 0.6) is 0 Å². The molecule has 94 valence electrons. The second-order valence-corrected chi connectivity index (χ2v) is 4.41. The molecule has 0 bridgehead atoms. The monoisotopic (exact) mass is 227 g/mol. The van der Waals surface area contributed by atoms with E-state index in [1.165, 1.54) is 0 Å². The SMILES string of the molecule is CCC(C)N(CCOC)CC(C)(C#N)NC. The zero-order chi connectivity index (χ0) is 12.6. The van der Waals surface area contributed by atoms with E-state index >= 15 is 0 Å². The predicted molar refractivity (Wildman–Crippen MR) is 66.3 cm³/mol. The summed E-state index contributed by atoms with van der Waals surface area (Å²) in [5.41, 5.74) is -0.489. The molecule has 4 heteroatoms. The molecule has 0 aliphatic carbocycles. The fourth-order valence-corrected chi connectivity index (χ4v) is 1.50. The molecule has 0 fully saturated rings. The summed E-state index contributed by atoms with van der Waals surface area (Å²) in [7, 11) is 3.53. The van der Waals surface area contributed by atoms with Crippen molar-refractivity contribution in [2.75, 3.05) is 33.9 Å². The minimum Gasteiger partial charge on any atom is -0.383 e. The molecule has 16 heavy (non-hydrogen) atoms. The summed E-state index contributed by atoms with van der Waals surface area (Å²) in [6.07, 6.45) is 1.08. The molecule has 1 N–H and O–H groups in total. The molecule has 0 spiro atoms. The summed E-state index contributed by atoms with van der Waals surface area (Å²) < 4.78 is 5.10. The first kappa shape index (κ1) is 15.4. The zero-order valence-corrected chi connectivity index (χ0v) is 11.2. The average Bonchev–Trinajstić information content (AvgIpc) is 2.33. The van der Waals surface area contributed by atoms with E-state index in [-0.39, 0.29) is 0 Å².